The number of para-hydroxylation sites is 1. The predicted molar refractivity (Wildman–Crippen MR) is 85.4 cm³/mol. The van der Waals surface area contributed by atoms with Crippen molar-refractivity contribution in [1.82, 2.24) is 0 Å². The van der Waals surface area contributed by atoms with Crippen molar-refractivity contribution < 1.29 is 4.39 Å². The first-order valence-corrected chi connectivity index (χ1v) is 8.12. The maximum Gasteiger partial charge on any atom is 0.129 e. The van der Waals surface area contributed by atoms with Crippen molar-refractivity contribution in [2.24, 2.45) is 0 Å². The number of rotatable bonds is 2. The lowest BCUT2D eigenvalue weighted by molar-refractivity contribution is 0.617. The third-order valence-electron chi connectivity index (χ3n) is 3.88. The first kappa shape index (κ1) is 13.6. The van der Waals surface area contributed by atoms with Gasteiger partial charge in [0, 0.05) is 28.8 Å². The molecule has 3 rings (SSSR count). The van der Waals surface area contributed by atoms with Crippen LogP contribution in [-0.2, 0) is 11.8 Å². The predicted octanol–water partition coefficient (Wildman–Crippen LogP) is 5.20. The van der Waals surface area contributed by atoms with Crippen LogP contribution < -0.4 is 4.90 Å². The number of hydrogen-bond donors (Lipinski definition) is 0. The summed E-state index contributed by atoms with van der Waals surface area (Å²) in [6.45, 7) is 0.945. The van der Waals surface area contributed by atoms with Crippen molar-refractivity contribution >= 4 is 27.3 Å². The molecule has 0 radical (unpaired) electrons. The average Bonchev–Trinajstić information content (AvgIpc) is 2.69. The van der Waals surface area contributed by atoms with Gasteiger partial charge in [-0.05, 0) is 43.0 Å². The van der Waals surface area contributed by atoms with Gasteiger partial charge in [-0.2, -0.15) is 0 Å². The summed E-state index contributed by atoms with van der Waals surface area (Å²) in [7, 11) is 0. The molecule has 0 aliphatic carbocycles. The van der Waals surface area contributed by atoms with Crippen LogP contribution in [0, 0.1) is 5.82 Å². The van der Waals surface area contributed by atoms with Crippen LogP contribution in [0.4, 0.5) is 15.8 Å². The van der Waals surface area contributed by atoms with E-state index in [2.05, 4.69) is 45.1 Å². The summed E-state index contributed by atoms with van der Waals surface area (Å²) in [5.41, 5.74) is 4.30. The normalized spacial score (nSPS) is 14.8. The van der Waals surface area contributed by atoms with Gasteiger partial charge in [0.1, 0.15) is 5.82 Å². The molecule has 104 valence electrons. The molecule has 0 unspecified atom stereocenters. The van der Waals surface area contributed by atoms with Gasteiger partial charge in [0.2, 0.25) is 0 Å². The van der Waals surface area contributed by atoms with E-state index in [0.717, 1.165) is 30.6 Å². The Hall–Kier alpha value is -1.35. The van der Waals surface area contributed by atoms with Crippen molar-refractivity contribution in [2.75, 3.05) is 11.4 Å². The molecule has 3 heteroatoms. The van der Waals surface area contributed by atoms with Crippen LogP contribution >= 0.6 is 15.9 Å². The SMILES string of the molecule is Fc1cccc(N2CCCCc3ccccc32)c1CBr. The Labute approximate surface area is 127 Å². The number of benzene rings is 2. The molecule has 0 fully saturated rings. The number of nitrogens with zero attached hydrogens (tertiary/aromatic N) is 1. The lowest BCUT2D eigenvalue weighted by atomic mass is 10.1. The zero-order valence-corrected chi connectivity index (χ0v) is 12.9. The summed E-state index contributed by atoms with van der Waals surface area (Å²) < 4.78 is 14.0. The Kier molecular flexibility index (Phi) is 4.06. The summed E-state index contributed by atoms with van der Waals surface area (Å²) in [6.07, 6.45) is 3.42. The summed E-state index contributed by atoms with van der Waals surface area (Å²) in [4.78, 5) is 2.27. The Morgan fingerprint density at radius 1 is 1.00 bits per heavy atom. The molecule has 1 aliphatic heterocycles. The van der Waals surface area contributed by atoms with Crippen molar-refractivity contribution in [3.8, 4) is 0 Å². The number of aryl methyl sites for hydroxylation is 1. The maximum atomic E-state index is 14.0. The standard InChI is InChI=1S/C17H17BrFN/c18-12-14-15(19)8-5-10-17(14)20-11-4-3-7-13-6-1-2-9-16(13)20/h1-2,5-6,8-10H,3-4,7,11-12H2. The Bertz CT molecular complexity index is 612. The topological polar surface area (TPSA) is 3.24 Å². The highest BCUT2D eigenvalue weighted by atomic mass is 79.9. The molecule has 0 bridgehead atoms. The van der Waals surface area contributed by atoms with E-state index in [1.807, 2.05) is 6.07 Å². The van der Waals surface area contributed by atoms with Gasteiger partial charge in [-0.3, -0.25) is 0 Å². The van der Waals surface area contributed by atoms with Crippen molar-refractivity contribution in [3.05, 3.63) is 59.4 Å². The molecule has 0 amide bonds. The van der Waals surface area contributed by atoms with Gasteiger partial charge in [-0.15, -0.1) is 0 Å². The minimum atomic E-state index is -0.138. The maximum absolute atomic E-state index is 14.0. The fourth-order valence-electron chi connectivity index (χ4n) is 2.87. The van der Waals surface area contributed by atoms with Crippen molar-refractivity contribution in [1.29, 1.82) is 0 Å². The number of anilines is 2. The number of halogens is 2. The molecule has 0 saturated carbocycles. The molecular weight excluding hydrogens is 317 g/mol. The zero-order valence-electron chi connectivity index (χ0n) is 11.3. The highest BCUT2D eigenvalue weighted by Gasteiger charge is 2.19. The molecule has 2 aromatic carbocycles. The number of hydrogen-bond acceptors (Lipinski definition) is 1. The van der Waals surface area contributed by atoms with Crippen LogP contribution in [0.25, 0.3) is 0 Å². The Balaban J connectivity index is 2.12. The van der Waals surface area contributed by atoms with E-state index in [9.17, 15) is 4.39 Å². The lowest BCUT2D eigenvalue weighted by Gasteiger charge is -2.27. The van der Waals surface area contributed by atoms with Crippen LogP contribution in [0.2, 0.25) is 0 Å². The first-order valence-electron chi connectivity index (χ1n) is 7.00. The van der Waals surface area contributed by atoms with Crippen LogP contribution in [0.15, 0.2) is 42.5 Å². The van der Waals surface area contributed by atoms with Gasteiger partial charge in [0.15, 0.2) is 0 Å². The minimum absolute atomic E-state index is 0.138. The zero-order chi connectivity index (χ0) is 13.9. The van der Waals surface area contributed by atoms with E-state index in [0.29, 0.717) is 5.33 Å². The lowest BCUT2D eigenvalue weighted by Crippen LogP contribution is -2.19. The minimum Gasteiger partial charge on any atom is -0.341 e. The summed E-state index contributed by atoms with van der Waals surface area (Å²) in [5.74, 6) is -0.138. The molecule has 0 N–H and O–H groups in total. The molecule has 0 aromatic heterocycles. The molecule has 2 aromatic rings. The quantitative estimate of drug-likeness (QED) is 0.683. The molecule has 20 heavy (non-hydrogen) atoms. The summed E-state index contributed by atoms with van der Waals surface area (Å²) in [5, 5.41) is 0.535. The second-order valence-corrected chi connectivity index (χ2v) is 5.67. The van der Waals surface area contributed by atoms with E-state index in [-0.39, 0.29) is 5.82 Å². The highest BCUT2D eigenvalue weighted by Crippen LogP contribution is 2.35. The van der Waals surface area contributed by atoms with Gasteiger partial charge >= 0.3 is 0 Å². The number of alkyl halides is 1. The Morgan fingerprint density at radius 3 is 2.65 bits per heavy atom. The molecule has 1 nitrogen and oxygen atoms in total. The summed E-state index contributed by atoms with van der Waals surface area (Å²) >= 11 is 3.42. The Morgan fingerprint density at radius 2 is 1.80 bits per heavy atom. The van der Waals surface area contributed by atoms with E-state index < -0.39 is 0 Å². The van der Waals surface area contributed by atoms with Crippen LogP contribution in [-0.4, -0.2) is 6.54 Å². The molecule has 1 aliphatic rings. The van der Waals surface area contributed by atoms with E-state index in [1.165, 1.54) is 23.7 Å². The van der Waals surface area contributed by atoms with Crippen molar-refractivity contribution in [2.45, 2.75) is 24.6 Å². The molecule has 1 heterocycles. The smallest absolute Gasteiger partial charge is 0.129 e. The van der Waals surface area contributed by atoms with Gasteiger partial charge in [-0.1, -0.05) is 40.2 Å². The van der Waals surface area contributed by atoms with Crippen molar-refractivity contribution in [3.63, 3.8) is 0 Å². The monoisotopic (exact) mass is 333 g/mol. The van der Waals surface area contributed by atoms with Crippen LogP contribution in [0.1, 0.15) is 24.0 Å². The molecule has 0 spiro atoms. The second-order valence-electron chi connectivity index (χ2n) is 5.11. The van der Waals surface area contributed by atoms with E-state index in [1.54, 1.807) is 6.07 Å². The van der Waals surface area contributed by atoms with Crippen LogP contribution in [0.5, 0.6) is 0 Å². The molecule has 0 saturated heterocycles. The van der Waals surface area contributed by atoms with E-state index >= 15 is 0 Å². The first-order chi connectivity index (χ1) is 9.81. The fraction of sp³-hybridized carbons (Fsp3) is 0.294. The third kappa shape index (κ3) is 2.47. The molecular formula is C17H17BrFN. The average molecular weight is 334 g/mol. The van der Waals surface area contributed by atoms with Crippen LogP contribution in [0.3, 0.4) is 0 Å². The number of fused-ring (bicyclic) bond motifs is 1. The van der Waals surface area contributed by atoms with Gasteiger partial charge in [0.25, 0.3) is 0 Å². The fourth-order valence-corrected chi connectivity index (χ4v) is 3.43. The summed E-state index contributed by atoms with van der Waals surface area (Å²) in [6, 6.07) is 13.8. The van der Waals surface area contributed by atoms with Gasteiger partial charge in [-0.25, -0.2) is 4.39 Å². The van der Waals surface area contributed by atoms with Gasteiger partial charge in [0.05, 0.1) is 0 Å². The highest BCUT2D eigenvalue weighted by molar-refractivity contribution is 9.08. The third-order valence-corrected chi connectivity index (χ3v) is 4.44. The van der Waals surface area contributed by atoms with E-state index in [4.69, 9.17) is 0 Å². The largest absolute Gasteiger partial charge is 0.341 e. The second kappa shape index (κ2) is 5.96. The molecule has 0 atom stereocenters. The van der Waals surface area contributed by atoms with Gasteiger partial charge < -0.3 is 4.90 Å².